The highest BCUT2D eigenvalue weighted by Crippen LogP contribution is 2.44. The lowest BCUT2D eigenvalue weighted by Gasteiger charge is -2.39. The van der Waals surface area contributed by atoms with Crippen molar-refractivity contribution in [1.82, 2.24) is 25.2 Å². The second-order valence-corrected chi connectivity index (χ2v) is 12.3. The number of anilines is 1. The molecule has 0 amide bonds. The van der Waals surface area contributed by atoms with Crippen LogP contribution in [0.5, 0.6) is 11.9 Å². The van der Waals surface area contributed by atoms with Gasteiger partial charge in [-0.25, -0.2) is 13.8 Å². The van der Waals surface area contributed by atoms with Gasteiger partial charge >= 0.3 is 6.01 Å². The van der Waals surface area contributed by atoms with Crippen molar-refractivity contribution in [2.24, 2.45) is 0 Å². The van der Waals surface area contributed by atoms with E-state index >= 15 is 4.39 Å². The Bertz CT molecular complexity index is 1840. The van der Waals surface area contributed by atoms with E-state index in [-0.39, 0.29) is 46.3 Å². The van der Waals surface area contributed by atoms with Gasteiger partial charge in [-0.1, -0.05) is 51.0 Å². The van der Waals surface area contributed by atoms with Crippen molar-refractivity contribution in [3.05, 3.63) is 47.5 Å². The van der Waals surface area contributed by atoms with E-state index in [2.05, 4.69) is 28.0 Å². The van der Waals surface area contributed by atoms with Gasteiger partial charge in [-0.2, -0.15) is 9.97 Å². The molecule has 3 saturated heterocycles. The summed E-state index contributed by atoms with van der Waals surface area (Å²) in [6.45, 7) is 10.8. The van der Waals surface area contributed by atoms with Crippen LogP contribution in [0.3, 0.4) is 0 Å². The van der Waals surface area contributed by atoms with Gasteiger partial charge < -0.3 is 19.7 Å². The van der Waals surface area contributed by atoms with Crippen molar-refractivity contribution in [1.29, 1.82) is 0 Å². The van der Waals surface area contributed by atoms with Gasteiger partial charge in [-0.05, 0) is 56.6 Å². The zero-order chi connectivity index (χ0) is 34.0. The third-order valence-electron chi connectivity index (χ3n) is 10.0. The molecule has 8 nitrogen and oxygen atoms in total. The molecule has 4 aromatic rings. The maximum atomic E-state index is 17.0. The van der Waals surface area contributed by atoms with Gasteiger partial charge in [0.15, 0.2) is 5.82 Å². The van der Waals surface area contributed by atoms with Crippen LogP contribution >= 0.6 is 0 Å². The van der Waals surface area contributed by atoms with Gasteiger partial charge in [0.05, 0.1) is 24.3 Å². The van der Waals surface area contributed by atoms with E-state index in [4.69, 9.17) is 30.8 Å². The van der Waals surface area contributed by atoms with Crippen LogP contribution in [0.2, 0.25) is 0 Å². The number of pyridine rings is 1. The molecule has 48 heavy (non-hydrogen) atoms. The summed E-state index contributed by atoms with van der Waals surface area (Å²) in [5.74, 6) is 2.09. The lowest BCUT2D eigenvalue weighted by atomic mass is 9.95. The molecule has 2 unspecified atom stereocenters. The number of hydrogen-bond donors (Lipinski definition) is 1. The van der Waals surface area contributed by atoms with E-state index < -0.39 is 11.6 Å². The lowest BCUT2D eigenvalue weighted by molar-refractivity contribution is 0.108. The lowest BCUT2D eigenvalue weighted by Crippen LogP contribution is -2.57. The van der Waals surface area contributed by atoms with Crippen LogP contribution in [-0.4, -0.2) is 84.0 Å². The summed E-state index contributed by atoms with van der Waals surface area (Å²) in [5.41, 5.74) is 0.485. The van der Waals surface area contributed by atoms with Gasteiger partial charge in [0.25, 0.3) is 0 Å². The molecule has 2 aromatic carbocycles. The molecule has 2 aromatic heterocycles. The van der Waals surface area contributed by atoms with Crippen LogP contribution in [0.1, 0.15) is 58.4 Å². The molecule has 11 heteroatoms. The number of alkyl halides is 1. The Kier molecular flexibility index (Phi) is 9.95. The summed E-state index contributed by atoms with van der Waals surface area (Å²) < 4.78 is 54.4. The standard InChI is InChI=1S/C34H34F2N6O2.C2H6.CH3F/c1-3-21-23(35)11-10-20-8-5-9-22(26(20)21)29-28(36)30-27-31(42-17-14-37-18-24(42)25(4-2)44-32(27)38-29)40-33(39-30)43-19-34-12-6-15-41(34)16-7-13-34;2*1-2/h1,5,8-11,24-25,37H,4,6-7,12-19H2,2H3;1-2H3;1H3. The van der Waals surface area contributed by atoms with Crippen LogP contribution in [0.25, 0.3) is 32.9 Å². The van der Waals surface area contributed by atoms with Gasteiger partial charge in [0.1, 0.15) is 40.9 Å². The maximum Gasteiger partial charge on any atom is 0.319 e. The van der Waals surface area contributed by atoms with E-state index in [1.54, 1.807) is 18.2 Å². The van der Waals surface area contributed by atoms with E-state index in [1.165, 1.54) is 6.07 Å². The Hall–Kier alpha value is -4.14. The first kappa shape index (κ1) is 33.7. The number of hydrogen-bond acceptors (Lipinski definition) is 8. The molecule has 0 radical (unpaired) electrons. The second-order valence-electron chi connectivity index (χ2n) is 12.3. The van der Waals surface area contributed by atoms with Crippen molar-refractivity contribution >= 4 is 27.5 Å². The van der Waals surface area contributed by atoms with Crippen LogP contribution in [0.4, 0.5) is 19.0 Å². The quantitative estimate of drug-likeness (QED) is 0.238. The molecule has 0 aliphatic carbocycles. The first-order valence-electron chi connectivity index (χ1n) is 17.0. The number of halogens is 3. The number of aromatic nitrogens is 3. The number of rotatable bonds is 5. The minimum absolute atomic E-state index is 0.00000437. The predicted molar refractivity (Wildman–Crippen MR) is 183 cm³/mol. The number of fused-ring (bicyclic) bond motifs is 4. The highest BCUT2D eigenvalue weighted by molar-refractivity contribution is 6.03. The number of ether oxygens (including phenoxy) is 2. The van der Waals surface area contributed by atoms with E-state index in [0.29, 0.717) is 60.8 Å². The third kappa shape index (κ3) is 5.59. The molecule has 8 rings (SSSR count). The fraction of sp³-hybridized carbons (Fsp3) is 0.486. The van der Waals surface area contributed by atoms with Crippen molar-refractivity contribution in [2.75, 3.05) is 51.4 Å². The van der Waals surface area contributed by atoms with Crippen LogP contribution < -0.4 is 19.7 Å². The number of piperazine rings is 1. The molecule has 3 fully saturated rings. The van der Waals surface area contributed by atoms with Crippen molar-refractivity contribution in [3.8, 4) is 35.5 Å². The number of terminal acetylenes is 1. The van der Waals surface area contributed by atoms with Gasteiger partial charge in [0, 0.05) is 30.6 Å². The third-order valence-corrected chi connectivity index (χ3v) is 10.0. The summed E-state index contributed by atoms with van der Waals surface area (Å²) in [5, 5.41) is 5.00. The zero-order valence-corrected chi connectivity index (χ0v) is 28.1. The van der Waals surface area contributed by atoms with Gasteiger partial charge in [-0.3, -0.25) is 9.29 Å². The monoisotopic (exact) mass is 660 g/mol. The minimum atomic E-state index is -0.649. The Morgan fingerprint density at radius 2 is 1.81 bits per heavy atom. The van der Waals surface area contributed by atoms with E-state index in [1.807, 2.05) is 19.9 Å². The topological polar surface area (TPSA) is 75.6 Å². The molecule has 0 spiro atoms. The summed E-state index contributed by atoms with van der Waals surface area (Å²) in [4.78, 5) is 19.1. The van der Waals surface area contributed by atoms with Gasteiger partial charge in [-0.15, -0.1) is 6.42 Å². The van der Waals surface area contributed by atoms with Crippen LogP contribution in [0, 0.1) is 24.0 Å². The summed E-state index contributed by atoms with van der Waals surface area (Å²) in [6.07, 6.45) is 10.7. The van der Waals surface area contributed by atoms with Gasteiger partial charge in [0.2, 0.25) is 5.88 Å². The number of benzene rings is 2. The highest BCUT2D eigenvalue weighted by atomic mass is 19.1. The fourth-order valence-electron chi connectivity index (χ4n) is 7.89. The van der Waals surface area contributed by atoms with Crippen molar-refractivity contribution in [3.63, 3.8) is 0 Å². The molecule has 0 bridgehead atoms. The Balaban J connectivity index is 0.000000969. The molecule has 4 aliphatic heterocycles. The van der Waals surface area contributed by atoms with Crippen molar-refractivity contribution in [2.45, 2.75) is 70.6 Å². The molecule has 0 saturated carbocycles. The Morgan fingerprint density at radius 3 is 2.54 bits per heavy atom. The Labute approximate surface area is 280 Å². The molecule has 1 N–H and O–H groups in total. The van der Waals surface area contributed by atoms with Crippen LogP contribution in [0.15, 0.2) is 30.3 Å². The predicted octanol–water partition coefficient (Wildman–Crippen LogP) is 6.67. The summed E-state index contributed by atoms with van der Waals surface area (Å²) in [6, 6.07) is 8.39. The molecular weight excluding hydrogens is 617 g/mol. The molecule has 2 atom stereocenters. The molecule has 4 aliphatic rings. The number of nitrogens with zero attached hydrogens (tertiary/aromatic N) is 5. The normalized spacial score (nSPS) is 20.8. The average molecular weight is 661 g/mol. The summed E-state index contributed by atoms with van der Waals surface area (Å²) >= 11 is 0. The first-order valence-corrected chi connectivity index (χ1v) is 17.0. The average Bonchev–Trinajstić information content (AvgIpc) is 3.69. The summed E-state index contributed by atoms with van der Waals surface area (Å²) in [7, 11) is 0.500. The van der Waals surface area contributed by atoms with E-state index in [9.17, 15) is 8.78 Å². The molecule has 254 valence electrons. The SMILES string of the molecule is C#Cc1c(F)ccc2cccc(-c3nc4c5c(nc(OCC67CCCN6CCC7)nc5c3F)N3CCNCC3C(CC)O4)c12.CC.CF. The largest absolute Gasteiger partial charge is 0.472 e. The Morgan fingerprint density at radius 1 is 1.04 bits per heavy atom. The van der Waals surface area contributed by atoms with Crippen LogP contribution in [-0.2, 0) is 0 Å². The fourth-order valence-corrected chi connectivity index (χ4v) is 7.89. The smallest absolute Gasteiger partial charge is 0.319 e. The zero-order valence-electron chi connectivity index (χ0n) is 28.1. The number of nitrogens with one attached hydrogen (secondary N) is 1. The first-order chi connectivity index (χ1) is 23.5. The highest BCUT2D eigenvalue weighted by Gasteiger charge is 2.45. The second kappa shape index (κ2) is 14.1. The molecular formula is C37H43F3N6O2. The van der Waals surface area contributed by atoms with Crippen molar-refractivity contribution < 1.29 is 22.6 Å². The molecule has 6 heterocycles. The van der Waals surface area contributed by atoms with E-state index in [0.717, 1.165) is 45.3 Å². The maximum absolute atomic E-state index is 17.0. The minimum Gasteiger partial charge on any atom is -0.472 e.